The van der Waals surface area contributed by atoms with Crippen molar-refractivity contribution < 1.29 is 19.4 Å². The summed E-state index contributed by atoms with van der Waals surface area (Å²) in [5, 5.41) is 12.1. The Morgan fingerprint density at radius 2 is 1.91 bits per heavy atom. The molecule has 0 spiro atoms. The molecule has 0 radical (unpaired) electrons. The van der Waals surface area contributed by atoms with Gasteiger partial charge in [-0.3, -0.25) is 4.79 Å². The van der Waals surface area contributed by atoms with Crippen LogP contribution in [0.15, 0.2) is 24.3 Å². The van der Waals surface area contributed by atoms with Crippen molar-refractivity contribution in [3.05, 3.63) is 29.8 Å². The molecule has 120 valence electrons. The van der Waals surface area contributed by atoms with Crippen LogP contribution in [0.3, 0.4) is 0 Å². The molecular formula is C17H23NO4. The molecule has 2 rings (SSSR count). The third-order valence-electron chi connectivity index (χ3n) is 4.49. The van der Waals surface area contributed by atoms with Crippen molar-refractivity contribution in [1.82, 2.24) is 5.32 Å². The van der Waals surface area contributed by atoms with E-state index in [2.05, 4.69) is 19.2 Å². The van der Waals surface area contributed by atoms with Crippen LogP contribution >= 0.6 is 0 Å². The van der Waals surface area contributed by atoms with Gasteiger partial charge in [-0.25, -0.2) is 4.79 Å². The lowest BCUT2D eigenvalue weighted by atomic mass is 9.78. The van der Waals surface area contributed by atoms with Gasteiger partial charge in [-0.15, -0.1) is 0 Å². The molecule has 0 unspecified atom stereocenters. The van der Waals surface area contributed by atoms with Crippen molar-refractivity contribution in [3.8, 4) is 5.75 Å². The zero-order chi connectivity index (χ0) is 16.1. The summed E-state index contributed by atoms with van der Waals surface area (Å²) >= 11 is 0. The summed E-state index contributed by atoms with van der Waals surface area (Å²) in [4.78, 5) is 23.7. The molecule has 5 nitrogen and oxygen atoms in total. The van der Waals surface area contributed by atoms with Crippen LogP contribution in [0.2, 0.25) is 0 Å². The van der Waals surface area contributed by atoms with Gasteiger partial charge in [-0.05, 0) is 42.5 Å². The summed E-state index contributed by atoms with van der Waals surface area (Å²) in [6, 6.07) is 5.88. The van der Waals surface area contributed by atoms with E-state index in [0.29, 0.717) is 17.4 Å². The fraction of sp³-hybridized carbons (Fsp3) is 0.529. The summed E-state index contributed by atoms with van der Waals surface area (Å²) in [6.45, 7) is 4.07. The molecule has 1 fully saturated rings. The van der Waals surface area contributed by atoms with Crippen LogP contribution in [-0.2, 0) is 9.53 Å². The van der Waals surface area contributed by atoms with Gasteiger partial charge in [0, 0.05) is 6.04 Å². The van der Waals surface area contributed by atoms with Crippen molar-refractivity contribution in [2.75, 3.05) is 6.61 Å². The third-order valence-corrected chi connectivity index (χ3v) is 4.49. The largest absolute Gasteiger partial charge is 0.508 e. The first-order chi connectivity index (χ1) is 10.5. The molecule has 0 aromatic heterocycles. The van der Waals surface area contributed by atoms with E-state index in [1.54, 1.807) is 0 Å². The molecule has 22 heavy (non-hydrogen) atoms. The van der Waals surface area contributed by atoms with Crippen LogP contribution in [0.5, 0.6) is 5.75 Å². The minimum absolute atomic E-state index is 0.0784. The number of rotatable bonds is 4. The average molecular weight is 305 g/mol. The molecule has 1 aromatic rings. The summed E-state index contributed by atoms with van der Waals surface area (Å²) < 4.78 is 5.00. The molecule has 3 atom stereocenters. The minimum atomic E-state index is -0.569. The molecule has 1 amide bonds. The normalized spacial score (nSPS) is 24.5. The molecule has 1 aliphatic rings. The van der Waals surface area contributed by atoms with E-state index in [4.69, 9.17) is 9.84 Å². The van der Waals surface area contributed by atoms with Gasteiger partial charge in [0.1, 0.15) is 5.75 Å². The van der Waals surface area contributed by atoms with E-state index < -0.39 is 5.97 Å². The lowest BCUT2D eigenvalue weighted by molar-refractivity contribution is -0.125. The van der Waals surface area contributed by atoms with Crippen molar-refractivity contribution in [2.45, 2.75) is 39.2 Å². The highest BCUT2D eigenvalue weighted by atomic mass is 16.5. The maximum Gasteiger partial charge on any atom is 0.338 e. The SMILES string of the molecule is C[C@H]1[C@H](C)CCC[C@H]1NC(=O)COC(=O)c1ccc(O)cc1. The van der Waals surface area contributed by atoms with E-state index in [1.165, 1.54) is 30.7 Å². The second kappa shape index (κ2) is 7.29. The fourth-order valence-electron chi connectivity index (χ4n) is 2.85. The maximum absolute atomic E-state index is 11.9. The minimum Gasteiger partial charge on any atom is -0.508 e. The number of nitrogens with one attached hydrogen (secondary N) is 1. The van der Waals surface area contributed by atoms with Gasteiger partial charge in [-0.2, -0.15) is 0 Å². The highest BCUT2D eigenvalue weighted by Gasteiger charge is 2.28. The topological polar surface area (TPSA) is 75.6 Å². The smallest absolute Gasteiger partial charge is 0.338 e. The van der Waals surface area contributed by atoms with E-state index in [-0.39, 0.29) is 24.3 Å². The molecule has 0 bridgehead atoms. The molecule has 2 N–H and O–H groups in total. The van der Waals surface area contributed by atoms with Crippen molar-refractivity contribution in [2.24, 2.45) is 11.8 Å². The van der Waals surface area contributed by atoms with E-state index in [1.807, 2.05) is 0 Å². The van der Waals surface area contributed by atoms with Crippen LogP contribution in [0.25, 0.3) is 0 Å². The number of carbonyl (C=O) groups is 2. The number of amides is 1. The molecule has 0 aliphatic heterocycles. The van der Waals surface area contributed by atoms with Crippen molar-refractivity contribution in [1.29, 1.82) is 0 Å². The Morgan fingerprint density at radius 3 is 2.59 bits per heavy atom. The average Bonchev–Trinajstić information content (AvgIpc) is 2.50. The number of hydrogen-bond donors (Lipinski definition) is 2. The van der Waals surface area contributed by atoms with Crippen LogP contribution in [0, 0.1) is 11.8 Å². The Hall–Kier alpha value is -2.04. The Kier molecular flexibility index (Phi) is 5.41. The number of benzene rings is 1. The monoisotopic (exact) mass is 305 g/mol. The predicted molar refractivity (Wildman–Crippen MR) is 82.5 cm³/mol. The van der Waals surface area contributed by atoms with Crippen LogP contribution in [-0.4, -0.2) is 29.6 Å². The molecule has 5 heteroatoms. The second-order valence-electron chi connectivity index (χ2n) is 6.06. The van der Waals surface area contributed by atoms with E-state index in [0.717, 1.165) is 12.8 Å². The van der Waals surface area contributed by atoms with Gasteiger partial charge >= 0.3 is 5.97 Å². The molecule has 1 aromatic carbocycles. The maximum atomic E-state index is 11.9. The summed E-state index contributed by atoms with van der Waals surface area (Å²) in [7, 11) is 0. The van der Waals surface area contributed by atoms with Gasteiger partial charge in [0.05, 0.1) is 5.56 Å². The van der Waals surface area contributed by atoms with Crippen LogP contribution in [0.1, 0.15) is 43.5 Å². The molecular weight excluding hydrogens is 282 g/mol. The molecule has 1 aliphatic carbocycles. The first-order valence-corrected chi connectivity index (χ1v) is 7.73. The zero-order valence-corrected chi connectivity index (χ0v) is 13.0. The van der Waals surface area contributed by atoms with Gasteiger partial charge in [-0.1, -0.05) is 26.7 Å². The van der Waals surface area contributed by atoms with Gasteiger partial charge in [0.15, 0.2) is 6.61 Å². The van der Waals surface area contributed by atoms with Gasteiger partial charge in [0.2, 0.25) is 0 Å². The number of esters is 1. The van der Waals surface area contributed by atoms with Gasteiger partial charge < -0.3 is 15.2 Å². The number of ether oxygens (including phenoxy) is 1. The third kappa shape index (κ3) is 4.23. The quantitative estimate of drug-likeness (QED) is 0.838. The number of hydrogen-bond acceptors (Lipinski definition) is 4. The Morgan fingerprint density at radius 1 is 1.23 bits per heavy atom. The lowest BCUT2D eigenvalue weighted by Gasteiger charge is -2.34. The van der Waals surface area contributed by atoms with E-state index in [9.17, 15) is 9.59 Å². The number of carbonyl (C=O) groups excluding carboxylic acids is 2. The first-order valence-electron chi connectivity index (χ1n) is 7.73. The summed E-state index contributed by atoms with van der Waals surface area (Å²) in [5.41, 5.74) is 0.310. The molecule has 0 saturated heterocycles. The molecule has 1 saturated carbocycles. The number of phenolic OH excluding ortho intramolecular Hbond substituents is 1. The zero-order valence-electron chi connectivity index (χ0n) is 13.0. The second-order valence-corrected chi connectivity index (χ2v) is 6.06. The summed E-state index contributed by atoms with van der Waals surface area (Å²) in [6.07, 6.45) is 3.29. The highest BCUT2D eigenvalue weighted by molar-refractivity contribution is 5.91. The number of aromatic hydroxyl groups is 1. The van der Waals surface area contributed by atoms with Crippen LogP contribution in [0.4, 0.5) is 0 Å². The predicted octanol–water partition coefficient (Wildman–Crippen LogP) is 2.49. The van der Waals surface area contributed by atoms with E-state index >= 15 is 0 Å². The Balaban J connectivity index is 1.80. The first kappa shape index (κ1) is 16.3. The number of phenols is 1. The highest BCUT2D eigenvalue weighted by Crippen LogP contribution is 2.29. The standard InChI is InChI=1S/C17H23NO4/c1-11-4-3-5-15(12(11)2)18-16(20)10-22-17(21)13-6-8-14(19)9-7-13/h6-9,11-12,15,19H,3-5,10H2,1-2H3,(H,18,20)/t11-,12+,15-/m1/s1. The van der Waals surface area contributed by atoms with Crippen molar-refractivity contribution >= 4 is 11.9 Å². The fourth-order valence-corrected chi connectivity index (χ4v) is 2.85. The molecule has 0 heterocycles. The van der Waals surface area contributed by atoms with Crippen molar-refractivity contribution in [3.63, 3.8) is 0 Å². The van der Waals surface area contributed by atoms with Gasteiger partial charge in [0.25, 0.3) is 5.91 Å². The van der Waals surface area contributed by atoms with Crippen LogP contribution < -0.4 is 5.32 Å². The Labute approximate surface area is 130 Å². The Bertz CT molecular complexity index is 526. The lowest BCUT2D eigenvalue weighted by Crippen LogP contribution is -2.45. The summed E-state index contributed by atoms with van der Waals surface area (Å²) in [5.74, 6) is 0.275.